The molecular formula is C15H31IN4. The molecule has 2 N–H and O–H groups in total. The van der Waals surface area contributed by atoms with Gasteiger partial charge >= 0.3 is 0 Å². The van der Waals surface area contributed by atoms with Crippen molar-refractivity contribution in [3.05, 3.63) is 0 Å². The Labute approximate surface area is 141 Å². The van der Waals surface area contributed by atoms with Gasteiger partial charge in [-0.25, -0.2) is 0 Å². The van der Waals surface area contributed by atoms with Gasteiger partial charge < -0.3 is 15.5 Å². The molecule has 0 aromatic carbocycles. The van der Waals surface area contributed by atoms with Crippen LogP contribution in [-0.2, 0) is 0 Å². The minimum absolute atomic E-state index is 0. The Kier molecular flexibility index (Phi) is 8.17. The van der Waals surface area contributed by atoms with Crippen molar-refractivity contribution in [2.45, 2.75) is 39.5 Å². The molecule has 0 radical (unpaired) electrons. The van der Waals surface area contributed by atoms with Crippen LogP contribution in [0, 0.1) is 11.8 Å². The van der Waals surface area contributed by atoms with E-state index in [1.54, 1.807) is 0 Å². The van der Waals surface area contributed by atoms with E-state index in [1.165, 1.54) is 38.8 Å². The van der Waals surface area contributed by atoms with Gasteiger partial charge in [0.25, 0.3) is 0 Å². The summed E-state index contributed by atoms with van der Waals surface area (Å²) in [6.45, 7) is 11.2. The highest BCUT2D eigenvalue weighted by Crippen LogP contribution is 2.16. The predicted octanol–water partition coefficient (Wildman–Crippen LogP) is 2.38. The Morgan fingerprint density at radius 2 is 1.80 bits per heavy atom. The van der Waals surface area contributed by atoms with Crippen molar-refractivity contribution in [2.24, 2.45) is 22.6 Å². The number of likely N-dealkylation sites (tertiary alicyclic amines) is 2. The highest BCUT2D eigenvalue weighted by molar-refractivity contribution is 14.0. The maximum absolute atomic E-state index is 6.09. The van der Waals surface area contributed by atoms with Crippen LogP contribution >= 0.6 is 24.0 Å². The van der Waals surface area contributed by atoms with Gasteiger partial charge in [0.1, 0.15) is 0 Å². The Balaban J connectivity index is 0.00000200. The van der Waals surface area contributed by atoms with E-state index in [0.717, 1.165) is 44.0 Å². The smallest absolute Gasteiger partial charge is 0.191 e. The van der Waals surface area contributed by atoms with Crippen LogP contribution in [0.25, 0.3) is 0 Å². The van der Waals surface area contributed by atoms with Crippen molar-refractivity contribution >= 4 is 29.9 Å². The summed E-state index contributed by atoms with van der Waals surface area (Å²) in [6.07, 6.45) is 5.22. The van der Waals surface area contributed by atoms with Gasteiger partial charge in [-0.2, -0.15) is 0 Å². The molecule has 0 aromatic rings. The number of guanidine groups is 1. The molecule has 4 nitrogen and oxygen atoms in total. The first-order valence-electron chi connectivity index (χ1n) is 7.92. The van der Waals surface area contributed by atoms with Gasteiger partial charge in [0.2, 0.25) is 0 Å². The molecule has 0 spiro atoms. The van der Waals surface area contributed by atoms with Crippen LogP contribution < -0.4 is 5.73 Å². The number of halogens is 1. The van der Waals surface area contributed by atoms with Crippen LogP contribution in [0.5, 0.6) is 0 Å². The summed E-state index contributed by atoms with van der Waals surface area (Å²) in [5, 5.41) is 0. The summed E-state index contributed by atoms with van der Waals surface area (Å²) in [7, 11) is 0. The molecule has 1 unspecified atom stereocenters. The first kappa shape index (κ1) is 18.0. The Morgan fingerprint density at radius 1 is 1.10 bits per heavy atom. The third-order valence-electron chi connectivity index (χ3n) is 4.54. The van der Waals surface area contributed by atoms with Gasteiger partial charge in [-0.1, -0.05) is 13.8 Å². The number of piperidine rings is 2. The highest BCUT2D eigenvalue weighted by atomic mass is 127. The van der Waals surface area contributed by atoms with Crippen molar-refractivity contribution in [1.29, 1.82) is 0 Å². The Morgan fingerprint density at radius 3 is 2.45 bits per heavy atom. The Hall–Kier alpha value is -0.0400. The fourth-order valence-corrected chi connectivity index (χ4v) is 3.13. The van der Waals surface area contributed by atoms with Crippen LogP contribution in [0.2, 0.25) is 0 Å². The van der Waals surface area contributed by atoms with Gasteiger partial charge in [-0.15, -0.1) is 24.0 Å². The molecule has 20 heavy (non-hydrogen) atoms. The maximum atomic E-state index is 6.09. The largest absolute Gasteiger partial charge is 0.370 e. The molecule has 1 atom stereocenters. The SMILES string of the molecule is CC1CCN(C(N)=NCCN2CCCC(C)C2)CC1.I. The molecule has 0 aliphatic carbocycles. The standard InChI is InChI=1S/C15H30N4.HI/c1-13-5-9-19(10-6-13)15(16)17-7-11-18-8-3-4-14(2)12-18;/h13-14H,3-12H2,1-2H3,(H2,16,17);1H. The molecule has 0 aromatic heterocycles. The van der Waals surface area contributed by atoms with Crippen molar-refractivity contribution in [1.82, 2.24) is 9.80 Å². The van der Waals surface area contributed by atoms with E-state index in [0.29, 0.717) is 0 Å². The van der Waals surface area contributed by atoms with E-state index in [-0.39, 0.29) is 24.0 Å². The van der Waals surface area contributed by atoms with Crippen LogP contribution in [0.15, 0.2) is 4.99 Å². The third kappa shape index (κ3) is 5.76. The van der Waals surface area contributed by atoms with E-state index < -0.39 is 0 Å². The number of aliphatic imine (C=N–C) groups is 1. The molecule has 2 heterocycles. The summed E-state index contributed by atoms with van der Waals surface area (Å²) in [6, 6.07) is 0. The van der Waals surface area contributed by atoms with Crippen molar-refractivity contribution in [3.63, 3.8) is 0 Å². The Bertz CT molecular complexity index is 300. The van der Waals surface area contributed by atoms with Crippen LogP contribution in [-0.4, -0.2) is 55.0 Å². The number of nitrogens with two attached hydrogens (primary N) is 1. The molecule has 5 heteroatoms. The minimum Gasteiger partial charge on any atom is -0.370 e. The lowest BCUT2D eigenvalue weighted by Crippen LogP contribution is -2.43. The zero-order valence-corrected chi connectivity index (χ0v) is 15.4. The molecule has 118 valence electrons. The average molecular weight is 394 g/mol. The van der Waals surface area contributed by atoms with Crippen molar-refractivity contribution in [3.8, 4) is 0 Å². The molecule has 0 bridgehead atoms. The monoisotopic (exact) mass is 394 g/mol. The van der Waals surface area contributed by atoms with E-state index in [4.69, 9.17) is 5.73 Å². The number of hydrogen-bond acceptors (Lipinski definition) is 2. The lowest BCUT2D eigenvalue weighted by molar-refractivity contribution is 0.188. The first-order valence-corrected chi connectivity index (χ1v) is 7.92. The highest BCUT2D eigenvalue weighted by Gasteiger charge is 2.18. The molecular weight excluding hydrogens is 363 g/mol. The topological polar surface area (TPSA) is 44.9 Å². The summed E-state index contributed by atoms with van der Waals surface area (Å²) in [5.74, 6) is 2.45. The lowest BCUT2D eigenvalue weighted by atomic mass is 10.00. The van der Waals surface area contributed by atoms with Crippen LogP contribution in [0.1, 0.15) is 39.5 Å². The second kappa shape index (κ2) is 9.07. The molecule has 2 saturated heterocycles. The number of rotatable bonds is 3. The van der Waals surface area contributed by atoms with E-state index in [1.807, 2.05) is 0 Å². The fraction of sp³-hybridized carbons (Fsp3) is 0.933. The second-order valence-corrected chi connectivity index (χ2v) is 6.46. The molecule has 2 rings (SSSR count). The van der Waals surface area contributed by atoms with E-state index >= 15 is 0 Å². The molecule has 0 saturated carbocycles. The summed E-state index contributed by atoms with van der Waals surface area (Å²) >= 11 is 0. The first-order chi connectivity index (χ1) is 9.15. The second-order valence-electron chi connectivity index (χ2n) is 6.46. The van der Waals surface area contributed by atoms with Gasteiger partial charge in [0.15, 0.2) is 5.96 Å². The van der Waals surface area contributed by atoms with Crippen LogP contribution in [0.3, 0.4) is 0 Å². The van der Waals surface area contributed by atoms with Gasteiger partial charge in [-0.05, 0) is 44.1 Å². The van der Waals surface area contributed by atoms with Crippen molar-refractivity contribution in [2.75, 3.05) is 39.3 Å². The summed E-state index contributed by atoms with van der Waals surface area (Å²) < 4.78 is 0. The quantitative estimate of drug-likeness (QED) is 0.454. The van der Waals surface area contributed by atoms with Crippen molar-refractivity contribution < 1.29 is 0 Å². The van der Waals surface area contributed by atoms with Gasteiger partial charge in [0.05, 0.1) is 6.54 Å². The lowest BCUT2D eigenvalue weighted by Gasteiger charge is -2.32. The van der Waals surface area contributed by atoms with Crippen LogP contribution in [0.4, 0.5) is 0 Å². The normalized spacial score (nSPS) is 26.4. The van der Waals surface area contributed by atoms with E-state index in [2.05, 4.69) is 28.6 Å². The predicted molar refractivity (Wildman–Crippen MR) is 96.7 cm³/mol. The average Bonchev–Trinajstić information content (AvgIpc) is 2.39. The minimum atomic E-state index is 0. The molecule has 0 amide bonds. The summed E-state index contributed by atoms with van der Waals surface area (Å²) in [5.41, 5.74) is 6.09. The van der Waals surface area contributed by atoms with Gasteiger partial charge in [-0.3, -0.25) is 4.99 Å². The van der Waals surface area contributed by atoms with E-state index in [9.17, 15) is 0 Å². The fourth-order valence-electron chi connectivity index (χ4n) is 3.13. The molecule has 2 aliphatic heterocycles. The number of nitrogens with zero attached hydrogens (tertiary/aromatic N) is 3. The molecule has 2 aliphatic rings. The third-order valence-corrected chi connectivity index (χ3v) is 4.54. The zero-order valence-electron chi connectivity index (χ0n) is 13.1. The summed E-state index contributed by atoms with van der Waals surface area (Å²) in [4.78, 5) is 9.35. The van der Waals surface area contributed by atoms with Gasteiger partial charge in [0, 0.05) is 26.2 Å². The molecule has 2 fully saturated rings. The number of hydrogen-bond donors (Lipinski definition) is 1. The maximum Gasteiger partial charge on any atom is 0.191 e. The zero-order chi connectivity index (χ0) is 13.7.